The van der Waals surface area contributed by atoms with Crippen molar-refractivity contribution in [3.05, 3.63) is 36.4 Å². The molecule has 0 saturated carbocycles. The summed E-state index contributed by atoms with van der Waals surface area (Å²) < 4.78 is 50.0. The van der Waals surface area contributed by atoms with Gasteiger partial charge in [-0.2, -0.15) is 0 Å². The standard InChI is InChI=1S/C25H35N3O7S/c1-32-19-8-10-22(33-2)21(16-19)28(18-25(29)26-12-7-15-27-13-5-6-14-27)36(30,31)20-9-11-23(34-3)24(17-20)35-4/h8-11,16-17H,5-7,12-15,18H2,1-4H3,(H,26,29). The van der Waals surface area contributed by atoms with Crippen LogP contribution in [-0.2, 0) is 14.8 Å². The van der Waals surface area contributed by atoms with Gasteiger partial charge in [0, 0.05) is 18.7 Å². The van der Waals surface area contributed by atoms with Crippen molar-refractivity contribution in [2.24, 2.45) is 0 Å². The zero-order valence-electron chi connectivity index (χ0n) is 21.3. The van der Waals surface area contributed by atoms with Gasteiger partial charge in [0.15, 0.2) is 11.5 Å². The Bertz CT molecular complexity index is 1130. The van der Waals surface area contributed by atoms with E-state index in [1.165, 1.54) is 65.5 Å². The number of ether oxygens (including phenoxy) is 4. The number of amides is 1. The molecule has 0 bridgehead atoms. The zero-order valence-corrected chi connectivity index (χ0v) is 22.1. The Morgan fingerprint density at radius 2 is 1.58 bits per heavy atom. The SMILES string of the molecule is COc1ccc(OC)c(N(CC(=O)NCCCN2CCCC2)S(=O)(=O)c2ccc(OC)c(OC)c2)c1. The maximum atomic E-state index is 13.9. The molecule has 1 saturated heterocycles. The molecular formula is C25H35N3O7S. The minimum absolute atomic E-state index is 0.0631. The van der Waals surface area contributed by atoms with Gasteiger partial charge in [-0.3, -0.25) is 9.10 Å². The number of anilines is 1. The van der Waals surface area contributed by atoms with Gasteiger partial charge in [0.1, 0.15) is 18.0 Å². The molecule has 36 heavy (non-hydrogen) atoms. The fraction of sp³-hybridized carbons (Fsp3) is 0.480. The molecule has 11 heteroatoms. The predicted molar refractivity (Wildman–Crippen MR) is 137 cm³/mol. The van der Waals surface area contributed by atoms with Gasteiger partial charge < -0.3 is 29.2 Å². The second-order valence-electron chi connectivity index (χ2n) is 8.32. The van der Waals surface area contributed by atoms with Gasteiger partial charge in [0.05, 0.1) is 39.0 Å². The largest absolute Gasteiger partial charge is 0.497 e. The van der Waals surface area contributed by atoms with Crippen LogP contribution in [0.3, 0.4) is 0 Å². The highest BCUT2D eigenvalue weighted by Crippen LogP contribution is 2.37. The van der Waals surface area contributed by atoms with E-state index in [0.717, 1.165) is 30.4 Å². The third-order valence-corrected chi connectivity index (χ3v) is 7.81. The molecule has 1 N–H and O–H groups in total. The first-order chi connectivity index (χ1) is 17.3. The number of sulfonamides is 1. The molecule has 1 aliphatic rings. The summed E-state index contributed by atoms with van der Waals surface area (Å²) in [5.41, 5.74) is 0.179. The summed E-state index contributed by atoms with van der Waals surface area (Å²) in [6, 6.07) is 9.05. The van der Waals surface area contributed by atoms with E-state index in [4.69, 9.17) is 18.9 Å². The van der Waals surface area contributed by atoms with E-state index in [1.54, 1.807) is 12.1 Å². The van der Waals surface area contributed by atoms with Crippen LogP contribution in [0.2, 0.25) is 0 Å². The minimum Gasteiger partial charge on any atom is -0.497 e. The van der Waals surface area contributed by atoms with Gasteiger partial charge in [-0.05, 0) is 63.2 Å². The normalized spacial score (nSPS) is 13.8. The molecule has 2 aromatic rings. The quantitative estimate of drug-likeness (QED) is 0.401. The lowest BCUT2D eigenvalue weighted by molar-refractivity contribution is -0.119. The Morgan fingerprint density at radius 3 is 2.22 bits per heavy atom. The average molecular weight is 522 g/mol. The topological polar surface area (TPSA) is 107 Å². The minimum atomic E-state index is -4.21. The van der Waals surface area contributed by atoms with Gasteiger partial charge in [-0.25, -0.2) is 8.42 Å². The molecule has 1 heterocycles. The highest BCUT2D eigenvalue weighted by atomic mass is 32.2. The molecule has 1 amide bonds. The number of carbonyl (C=O) groups is 1. The highest BCUT2D eigenvalue weighted by molar-refractivity contribution is 7.92. The molecule has 10 nitrogen and oxygen atoms in total. The third kappa shape index (κ3) is 6.52. The van der Waals surface area contributed by atoms with Crippen LogP contribution in [0.25, 0.3) is 0 Å². The Hall–Kier alpha value is -3.18. The van der Waals surface area contributed by atoms with Crippen molar-refractivity contribution in [3.8, 4) is 23.0 Å². The van der Waals surface area contributed by atoms with Crippen LogP contribution >= 0.6 is 0 Å². The Kier molecular flexibility index (Phi) is 9.65. The van der Waals surface area contributed by atoms with E-state index in [0.29, 0.717) is 18.0 Å². The number of hydrogen-bond donors (Lipinski definition) is 1. The average Bonchev–Trinajstić information content (AvgIpc) is 3.42. The van der Waals surface area contributed by atoms with Crippen molar-refractivity contribution in [2.45, 2.75) is 24.2 Å². The molecule has 1 aliphatic heterocycles. The summed E-state index contributed by atoms with van der Waals surface area (Å²) in [7, 11) is 1.59. The van der Waals surface area contributed by atoms with Crippen LogP contribution in [-0.4, -0.2) is 80.4 Å². The van der Waals surface area contributed by atoms with Crippen LogP contribution in [0, 0.1) is 0 Å². The van der Waals surface area contributed by atoms with Gasteiger partial charge in [-0.15, -0.1) is 0 Å². The smallest absolute Gasteiger partial charge is 0.265 e. The monoisotopic (exact) mass is 521 g/mol. The predicted octanol–water partition coefficient (Wildman–Crippen LogP) is 2.52. The lowest BCUT2D eigenvalue weighted by Crippen LogP contribution is -2.41. The van der Waals surface area contributed by atoms with E-state index in [2.05, 4.69) is 10.2 Å². The first kappa shape index (κ1) is 27.4. The van der Waals surface area contributed by atoms with E-state index >= 15 is 0 Å². The van der Waals surface area contributed by atoms with Gasteiger partial charge >= 0.3 is 0 Å². The highest BCUT2D eigenvalue weighted by Gasteiger charge is 2.31. The van der Waals surface area contributed by atoms with Crippen molar-refractivity contribution in [3.63, 3.8) is 0 Å². The van der Waals surface area contributed by atoms with Crippen LogP contribution in [0.1, 0.15) is 19.3 Å². The summed E-state index contributed by atoms with van der Waals surface area (Å²) in [5.74, 6) is 0.913. The van der Waals surface area contributed by atoms with E-state index in [1.807, 2.05) is 0 Å². The number of rotatable bonds is 13. The van der Waals surface area contributed by atoms with Crippen LogP contribution in [0.4, 0.5) is 5.69 Å². The molecule has 0 unspecified atom stereocenters. The number of carbonyl (C=O) groups excluding carboxylic acids is 1. The maximum Gasteiger partial charge on any atom is 0.265 e. The van der Waals surface area contributed by atoms with E-state index in [9.17, 15) is 13.2 Å². The lowest BCUT2D eigenvalue weighted by atomic mass is 10.2. The number of nitrogens with one attached hydrogen (secondary N) is 1. The van der Waals surface area contributed by atoms with E-state index in [-0.39, 0.29) is 22.1 Å². The molecule has 0 radical (unpaired) electrons. The molecule has 1 fully saturated rings. The summed E-state index contributed by atoms with van der Waals surface area (Å²) in [6.45, 7) is 3.08. The number of nitrogens with zero attached hydrogens (tertiary/aromatic N) is 2. The first-order valence-corrected chi connectivity index (χ1v) is 13.2. The van der Waals surface area contributed by atoms with Crippen molar-refractivity contribution >= 4 is 21.6 Å². The number of methoxy groups -OCH3 is 4. The molecule has 0 aromatic heterocycles. The van der Waals surface area contributed by atoms with Crippen molar-refractivity contribution in [1.82, 2.24) is 10.2 Å². The Labute approximate surface area is 213 Å². The van der Waals surface area contributed by atoms with E-state index < -0.39 is 22.5 Å². The molecule has 3 rings (SSSR count). The third-order valence-electron chi connectivity index (χ3n) is 6.06. The number of likely N-dealkylation sites (tertiary alicyclic amines) is 1. The van der Waals surface area contributed by atoms with Gasteiger partial charge in [0.2, 0.25) is 5.91 Å². The zero-order chi connectivity index (χ0) is 26.1. The summed E-state index contributed by atoms with van der Waals surface area (Å²) >= 11 is 0. The first-order valence-electron chi connectivity index (χ1n) is 11.8. The molecule has 0 aliphatic carbocycles. The molecule has 0 atom stereocenters. The van der Waals surface area contributed by atoms with Crippen LogP contribution in [0.15, 0.2) is 41.3 Å². The molecule has 2 aromatic carbocycles. The Balaban J connectivity index is 1.89. The maximum absolute atomic E-state index is 13.9. The van der Waals surface area contributed by atoms with Gasteiger partial charge in [-0.1, -0.05) is 0 Å². The summed E-state index contributed by atoms with van der Waals surface area (Å²) in [4.78, 5) is 15.2. The lowest BCUT2D eigenvalue weighted by Gasteiger charge is -2.26. The van der Waals surface area contributed by atoms with Crippen molar-refractivity contribution in [1.29, 1.82) is 0 Å². The Morgan fingerprint density at radius 1 is 0.917 bits per heavy atom. The second-order valence-corrected chi connectivity index (χ2v) is 10.2. The fourth-order valence-electron chi connectivity index (χ4n) is 4.12. The van der Waals surface area contributed by atoms with Crippen molar-refractivity contribution in [2.75, 3.05) is 65.5 Å². The van der Waals surface area contributed by atoms with Crippen molar-refractivity contribution < 1.29 is 32.2 Å². The number of hydrogen-bond acceptors (Lipinski definition) is 8. The number of benzene rings is 2. The summed E-state index contributed by atoms with van der Waals surface area (Å²) in [6.07, 6.45) is 3.20. The fourth-order valence-corrected chi connectivity index (χ4v) is 5.56. The molecule has 0 spiro atoms. The van der Waals surface area contributed by atoms with Gasteiger partial charge in [0.25, 0.3) is 10.0 Å². The second kappa shape index (κ2) is 12.7. The van der Waals surface area contributed by atoms with Crippen LogP contribution in [0.5, 0.6) is 23.0 Å². The van der Waals surface area contributed by atoms with Crippen LogP contribution < -0.4 is 28.6 Å². The summed E-state index contributed by atoms with van der Waals surface area (Å²) in [5, 5.41) is 2.85. The molecule has 198 valence electrons. The molecular weight excluding hydrogens is 486 g/mol.